The van der Waals surface area contributed by atoms with Gasteiger partial charge in [0.15, 0.2) is 0 Å². The van der Waals surface area contributed by atoms with Crippen LogP contribution in [0.1, 0.15) is 40.9 Å². The first-order valence-corrected chi connectivity index (χ1v) is 10.5. The summed E-state index contributed by atoms with van der Waals surface area (Å²) >= 11 is 18.7. The summed E-state index contributed by atoms with van der Waals surface area (Å²) in [6.07, 6.45) is 0.379. The Kier molecular flexibility index (Phi) is 4.70. The van der Waals surface area contributed by atoms with Crippen LogP contribution in [0.2, 0.25) is 15.1 Å². The zero-order valence-electron chi connectivity index (χ0n) is 15.6. The minimum Gasteiger partial charge on any atom is -0.464 e. The molecule has 0 fully saturated rings. The minimum atomic E-state index is -0.397. The summed E-state index contributed by atoms with van der Waals surface area (Å²) in [5.41, 5.74) is 5.30. The average Bonchev–Trinajstić information content (AvgIpc) is 3.16. The predicted molar refractivity (Wildman–Crippen MR) is 118 cm³/mol. The quantitative estimate of drug-likeness (QED) is 0.418. The average molecular weight is 444 g/mol. The first-order valence-electron chi connectivity index (χ1n) is 9.33. The van der Waals surface area contributed by atoms with Crippen LogP contribution in [-0.4, -0.2) is 10.7 Å². The fourth-order valence-corrected chi connectivity index (χ4v) is 4.35. The van der Waals surface area contributed by atoms with Gasteiger partial charge in [0.25, 0.3) is 0 Å². The minimum absolute atomic E-state index is 0.0354. The number of fused-ring (bicyclic) bond motifs is 3. The van der Waals surface area contributed by atoms with Crippen molar-refractivity contribution in [1.82, 2.24) is 5.01 Å². The third kappa shape index (κ3) is 3.38. The zero-order chi connectivity index (χ0) is 20.1. The summed E-state index contributed by atoms with van der Waals surface area (Å²) in [5, 5.41) is 8.65. The fraction of sp³-hybridized carbons (Fsp3) is 0.174. The molecule has 0 bridgehead atoms. The van der Waals surface area contributed by atoms with Gasteiger partial charge in [-0.2, -0.15) is 5.10 Å². The predicted octanol–water partition coefficient (Wildman–Crippen LogP) is 7.20. The lowest BCUT2D eigenvalue weighted by atomic mass is 9.95. The van der Waals surface area contributed by atoms with Crippen LogP contribution in [-0.2, 0) is 0 Å². The maximum atomic E-state index is 6.34. The summed E-state index contributed by atoms with van der Waals surface area (Å²) in [6, 6.07) is 19.8. The van der Waals surface area contributed by atoms with E-state index in [-0.39, 0.29) is 6.04 Å². The molecule has 2 aliphatic heterocycles. The Morgan fingerprint density at radius 1 is 0.931 bits per heavy atom. The molecule has 6 heteroatoms. The molecule has 3 aromatic rings. The number of aryl methyl sites for hydroxylation is 1. The Morgan fingerprint density at radius 2 is 1.72 bits per heavy atom. The van der Waals surface area contributed by atoms with Crippen LogP contribution in [0.25, 0.3) is 0 Å². The monoisotopic (exact) mass is 442 g/mol. The molecule has 0 amide bonds. The topological polar surface area (TPSA) is 24.8 Å². The van der Waals surface area contributed by atoms with Gasteiger partial charge in [-0.3, -0.25) is 0 Å². The fourth-order valence-electron chi connectivity index (χ4n) is 3.86. The van der Waals surface area contributed by atoms with E-state index in [9.17, 15) is 0 Å². The Bertz CT molecular complexity index is 1130. The summed E-state index contributed by atoms with van der Waals surface area (Å²) in [6.45, 7) is 2.08. The SMILES string of the molecule is Cc1ccc(C2=NN3[C@@H](C2)c2cc(Cl)ccc2O[C@H]3c2ccc(Cl)c(Cl)c2)cc1. The molecule has 29 heavy (non-hydrogen) atoms. The van der Waals surface area contributed by atoms with Crippen molar-refractivity contribution in [3.05, 3.63) is 98.0 Å². The zero-order valence-corrected chi connectivity index (χ0v) is 17.8. The number of hydrogen-bond acceptors (Lipinski definition) is 3. The van der Waals surface area contributed by atoms with Crippen molar-refractivity contribution < 1.29 is 4.74 Å². The summed E-state index contributed by atoms with van der Waals surface area (Å²) in [4.78, 5) is 0. The van der Waals surface area contributed by atoms with Crippen molar-refractivity contribution in [2.75, 3.05) is 0 Å². The number of ether oxygens (including phenoxy) is 1. The van der Waals surface area contributed by atoms with Gasteiger partial charge in [-0.15, -0.1) is 0 Å². The molecule has 3 aromatic carbocycles. The van der Waals surface area contributed by atoms with Gasteiger partial charge in [0.05, 0.1) is 21.8 Å². The van der Waals surface area contributed by atoms with E-state index in [4.69, 9.17) is 44.6 Å². The number of hydrogen-bond donors (Lipinski definition) is 0. The second-order valence-electron chi connectivity index (χ2n) is 7.34. The Labute approximate surface area is 184 Å². The Morgan fingerprint density at radius 3 is 2.48 bits per heavy atom. The van der Waals surface area contributed by atoms with E-state index in [0.717, 1.165) is 34.6 Å². The molecule has 0 spiro atoms. The molecule has 0 saturated carbocycles. The van der Waals surface area contributed by atoms with Crippen LogP contribution < -0.4 is 4.74 Å². The maximum Gasteiger partial charge on any atom is 0.213 e. The molecule has 2 aliphatic rings. The molecule has 0 N–H and O–H groups in total. The maximum absolute atomic E-state index is 6.34. The third-order valence-corrected chi connectivity index (χ3v) is 6.34. The highest BCUT2D eigenvalue weighted by Crippen LogP contribution is 2.48. The van der Waals surface area contributed by atoms with Crippen molar-refractivity contribution in [1.29, 1.82) is 0 Å². The number of nitrogens with zero attached hydrogens (tertiary/aromatic N) is 2. The van der Waals surface area contributed by atoms with E-state index >= 15 is 0 Å². The third-order valence-electron chi connectivity index (χ3n) is 5.37. The van der Waals surface area contributed by atoms with Crippen molar-refractivity contribution in [3.63, 3.8) is 0 Å². The molecule has 2 atom stereocenters. The van der Waals surface area contributed by atoms with Crippen LogP contribution in [0, 0.1) is 6.92 Å². The second-order valence-corrected chi connectivity index (χ2v) is 8.59. The largest absolute Gasteiger partial charge is 0.464 e. The van der Waals surface area contributed by atoms with E-state index in [1.54, 1.807) is 6.07 Å². The molecular weight excluding hydrogens is 427 g/mol. The molecule has 2 heterocycles. The summed E-state index contributed by atoms with van der Waals surface area (Å²) in [5.74, 6) is 0.812. The van der Waals surface area contributed by atoms with Gasteiger partial charge in [-0.1, -0.05) is 70.7 Å². The lowest BCUT2D eigenvalue weighted by molar-refractivity contribution is -0.0190. The normalized spacial score (nSPS) is 20.0. The number of hydrazone groups is 1. The highest BCUT2D eigenvalue weighted by molar-refractivity contribution is 6.42. The number of rotatable bonds is 2. The Balaban J connectivity index is 1.61. The first kappa shape index (κ1) is 18.8. The van der Waals surface area contributed by atoms with Crippen molar-refractivity contribution in [3.8, 4) is 5.75 Å². The molecular formula is C23H17Cl3N2O. The molecule has 0 radical (unpaired) electrons. The van der Waals surface area contributed by atoms with Crippen LogP contribution in [0.5, 0.6) is 5.75 Å². The smallest absolute Gasteiger partial charge is 0.213 e. The van der Waals surface area contributed by atoms with Gasteiger partial charge in [0.1, 0.15) is 5.75 Å². The van der Waals surface area contributed by atoms with Crippen molar-refractivity contribution >= 4 is 40.5 Å². The van der Waals surface area contributed by atoms with Gasteiger partial charge < -0.3 is 4.74 Å². The van der Waals surface area contributed by atoms with Crippen LogP contribution in [0.3, 0.4) is 0 Å². The van der Waals surface area contributed by atoms with E-state index in [1.165, 1.54) is 5.56 Å². The van der Waals surface area contributed by atoms with E-state index < -0.39 is 6.23 Å². The first-order chi connectivity index (χ1) is 14.0. The lowest BCUT2D eigenvalue weighted by Gasteiger charge is -2.38. The standard InChI is InChI=1S/C23H17Cl3N2O/c1-13-2-4-14(5-3-13)20-12-21-17-11-16(24)7-9-22(17)29-23(28(21)27-20)15-6-8-18(25)19(26)10-15/h2-11,21,23H,12H2,1H3/t21-,23-/m0/s1. The van der Waals surface area contributed by atoms with Gasteiger partial charge in [-0.05, 0) is 42.8 Å². The van der Waals surface area contributed by atoms with E-state index in [1.807, 2.05) is 35.3 Å². The second kappa shape index (κ2) is 7.24. The molecule has 3 nitrogen and oxygen atoms in total. The summed E-state index contributed by atoms with van der Waals surface area (Å²) < 4.78 is 6.34. The van der Waals surface area contributed by atoms with Gasteiger partial charge in [0, 0.05) is 22.6 Å². The van der Waals surface area contributed by atoms with Gasteiger partial charge >= 0.3 is 0 Å². The van der Waals surface area contributed by atoms with Crippen LogP contribution in [0.15, 0.2) is 65.8 Å². The van der Waals surface area contributed by atoms with Crippen LogP contribution >= 0.6 is 34.8 Å². The molecule has 0 aliphatic carbocycles. The molecule has 0 aromatic heterocycles. The number of benzene rings is 3. The lowest BCUT2D eigenvalue weighted by Crippen LogP contribution is -2.33. The van der Waals surface area contributed by atoms with Crippen LogP contribution in [0.4, 0.5) is 0 Å². The molecule has 146 valence electrons. The molecule has 5 rings (SSSR count). The highest BCUT2D eigenvalue weighted by atomic mass is 35.5. The van der Waals surface area contributed by atoms with E-state index in [0.29, 0.717) is 15.1 Å². The highest BCUT2D eigenvalue weighted by Gasteiger charge is 2.41. The molecule has 0 saturated heterocycles. The van der Waals surface area contributed by atoms with E-state index in [2.05, 4.69) is 31.2 Å². The van der Waals surface area contributed by atoms with Gasteiger partial charge in [-0.25, -0.2) is 5.01 Å². The van der Waals surface area contributed by atoms with Crippen molar-refractivity contribution in [2.45, 2.75) is 25.6 Å². The van der Waals surface area contributed by atoms with Crippen molar-refractivity contribution in [2.24, 2.45) is 5.10 Å². The van der Waals surface area contributed by atoms with Gasteiger partial charge in [0.2, 0.25) is 6.23 Å². The number of halogens is 3. The summed E-state index contributed by atoms with van der Waals surface area (Å²) in [7, 11) is 0. The molecule has 0 unspecified atom stereocenters. The Hall–Kier alpha value is -2.20.